The Morgan fingerprint density at radius 2 is 1.82 bits per heavy atom. The van der Waals surface area contributed by atoms with Gasteiger partial charge in [0.1, 0.15) is 23.3 Å². The van der Waals surface area contributed by atoms with Gasteiger partial charge >= 0.3 is 0 Å². The Hall–Kier alpha value is -3.58. The second kappa shape index (κ2) is 8.65. The average Bonchev–Trinajstić information content (AvgIpc) is 3.41. The predicted molar refractivity (Wildman–Crippen MR) is 134 cm³/mol. The van der Waals surface area contributed by atoms with Crippen molar-refractivity contribution in [3.63, 3.8) is 0 Å². The van der Waals surface area contributed by atoms with Gasteiger partial charge in [0.15, 0.2) is 0 Å². The number of aliphatic hydroxyl groups is 1. The van der Waals surface area contributed by atoms with Crippen LogP contribution in [-0.2, 0) is 15.0 Å². The first-order valence-electron chi connectivity index (χ1n) is 10.9. The summed E-state index contributed by atoms with van der Waals surface area (Å²) in [4.78, 5) is 28.6. The van der Waals surface area contributed by atoms with Crippen LogP contribution in [0.25, 0.3) is 5.76 Å². The summed E-state index contributed by atoms with van der Waals surface area (Å²) in [5.74, 6) is -1.68. The van der Waals surface area contributed by atoms with Crippen molar-refractivity contribution >= 4 is 34.5 Å². The maximum atomic E-state index is 13.4. The van der Waals surface area contributed by atoms with Crippen molar-refractivity contribution in [3.05, 3.63) is 81.1 Å². The van der Waals surface area contributed by atoms with Gasteiger partial charge in [0, 0.05) is 4.88 Å². The lowest BCUT2D eigenvalue weighted by Crippen LogP contribution is -2.29. The number of aliphatic hydroxyl groups excluding tert-OH is 1. The van der Waals surface area contributed by atoms with E-state index in [-0.39, 0.29) is 28.2 Å². The molecule has 1 unspecified atom stereocenters. The number of aromatic hydroxyl groups is 1. The molecule has 1 aromatic heterocycles. The Morgan fingerprint density at radius 1 is 1.09 bits per heavy atom. The number of carbonyl (C=O) groups excluding carboxylic acids is 2. The number of thiophene rings is 1. The fraction of sp³-hybridized carbons (Fsp3) is 0.259. The number of methoxy groups -OCH3 is 1. The molecule has 1 fully saturated rings. The van der Waals surface area contributed by atoms with Crippen LogP contribution in [-0.4, -0.2) is 29.0 Å². The Balaban J connectivity index is 2.00. The first-order chi connectivity index (χ1) is 16.0. The summed E-state index contributed by atoms with van der Waals surface area (Å²) in [7, 11) is 1.49. The summed E-state index contributed by atoms with van der Waals surface area (Å²) in [6.45, 7) is 7.97. The van der Waals surface area contributed by atoms with E-state index in [1.54, 1.807) is 30.3 Å². The molecule has 34 heavy (non-hydrogen) atoms. The normalized spacial score (nSPS) is 17.9. The van der Waals surface area contributed by atoms with E-state index in [4.69, 9.17) is 4.74 Å². The zero-order chi connectivity index (χ0) is 24.8. The third kappa shape index (κ3) is 3.96. The van der Waals surface area contributed by atoms with Gasteiger partial charge in [-0.05, 0) is 59.2 Å². The summed E-state index contributed by atoms with van der Waals surface area (Å²) in [6, 6.07) is 13.0. The van der Waals surface area contributed by atoms with Gasteiger partial charge in [-0.1, -0.05) is 39.0 Å². The molecular weight excluding hydrogens is 450 g/mol. The number of ether oxygens (including phenoxy) is 1. The molecule has 1 atom stereocenters. The highest BCUT2D eigenvalue weighted by Gasteiger charge is 2.48. The van der Waals surface area contributed by atoms with Crippen molar-refractivity contribution in [2.24, 2.45) is 0 Å². The molecule has 1 aliphatic rings. The van der Waals surface area contributed by atoms with Crippen LogP contribution in [0.5, 0.6) is 11.5 Å². The van der Waals surface area contributed by atoms with E-state index in [0.29, 0.717) is 16.2 Å². The molecule has 0 spiro atoms. The number of hydrogen-bond donors (Lipinski definition) is 2. The van der Waals surface area contributed by atoms with Crippen LogP contribution in [0.15, 0.2) is 59.5 Å². The number of aryl methyl sites for hydroxylation is 1. The summed E-state index contributed by atoms with van der Waals surface area (Å²) in [5.41, 5.74) is 2.05. The van der Waals surface area contributed by atoms with Crippen molar-refractivity contribution in [3.8, 4) is 11.5 Å². The number of rotatable bonds is 4. The van der Waals surface area contributed by atoms with Crippen LogP contribution in [0.2, 0.25) is 0 Å². The number of Topliss-reactive ketones (excluding diaryl/α,β-unsaturated/α-hetero) is 1. The molecule has 2 heterocycles. The number of phenols is 1. The first-order valence-corrected chi connectivity index (χ1v) is 11.8. The quantitative estimate of drug-likeness (QED) is 0.286. The first kappa shape index (κ1) is 23.6. The zero-order valence-corrected chi connectivity index (χ0v) is 20.6. The number of hydrogen-bond acceptors (Lipinski definition) is 6. The van der Waals surface area contributed by atoms with Gasteiger partial charge in [0.05, 0.1) is 23.9 Å². The predicted octanol–water partition coefficient (Wildman–Crippen LogP) is 5.69. The largest absolute Gasteiger partial charge is 0.507 e. The molecule has 0 bridgehead atoms. The minimum atomic E-state index is -0.893. The van der Waals surface area contributed by atoms with Crippen LogP contribution in [0.4, 0.5) is 5.69 Å². The van der Waals surface area contributed by atoms with Crippen molar-refractivity contribution < 1.29 is 24.5 Å². The molecule has 176 valence electrons. The second-order valence-corrected chi connectivity index (χ2v) is 10.3. The highest BCUT2D eigenvalue weighted by molar-refractivity contribution is 7.10. The number of benzene rings is 2. The molecule has 4 rings (SSSR count). The molecule has 1 amide bonds. The summed E-state index contributed by atoms with van der Waals surface area (Å²) in [6.07, 6.45) is 0. The van der Waals surface area contributed by atoms with Crippen molar-refractivity contribution in [2.75, 3.05) is 12.0 Å². The summed E-state index contributed by atoms with van der Waals surface area (Å²) < 4.78 is 5.49. The van der Waals surface area contributed by atoms with Crippen molar-refractivity contribution in [2.45, 2.75) is 39.2 Å². The van der Waals surface area contributed by atoms with Crippen molar-refractivity contribution in [1.29, 1.82) is 0 Å². The molecule has 7 heteroatoms. The maximum Gasteiger partial charge on any atom is 0.300 e. The smallest absolute Gasteiger partial charge is 0.300 e. The van der Waals surface area contributed by atoms with Gasteiger partial charge in [0.25, 0.3) is 11.7 Å². The van der Waals surface area contributed by atoms with Gasteiger partial charge in [-0.3, -0.25) is 14.5 Å². The number of ketones is 1. The molecule has 6 nitrogen and oxygen atoms in total. The van der Waals surface area contributed by atoms with E-state index in [0.717, 1.165) is 11.1 Å². The average molecular weight is 478 g/mol. The van der Waals surface area contributed by atoms with Gasteiger partial charge in [0.2, 0.25) is 0 Å². The van der Waals surface area contributed by atoms with Crippen molar-refractivity contribution in [1.82, 2.24) is 0 Å². The standard InChI is InChI=1S/C27H27NO5S/c1-15-8-10-19(29)18(13-15)28-23(21-7-6-12-34-21)22(25(31)26(28)32)24(30)17-14-16(27(2,3)4)9-11-20(17)33-5/h6-14,23,29-30H,1-5H3/b24-22+. The molecule has 1 aliphatic heterocycles. The van der Waals surface area contributed by atoms with E-state index >= 15 is 0 Å². The van der Waals surface area contributed by atoms with Crippen LogP contribution in [0.3, 0.4) is 0 Å². The van der Waals surface area contributed by atoms with Crippen LogP contribution >= 0.6 is 11.3 Å². The summed E-state index contributed by atoms with van der Waals surface area (Å²) in [5, 5.41) is 23.9. The number of anilines is 1. The van der Waals surface area contributed by atoms with E-state index in [9.17, 15) is 19.8 Å². The van der Waals surface area contributed by atoms with Crippen LogP contribution in [0, 0.1) is 6.92 Å². The van der Waals surface area contributed by atoms with Gasteiger partial charge in [-0.15, -0.1) is 11.3 Å². The SMILES string of the molecule is COc1ccc(C(C)(C)C)cc1/C(O)=C1\C(=O)C(=O)N(c2cc(C)ccc2O)C1c1cccs1. The van der Waals surface area contributed by atoms with Gasteiger partial charge in [-0.25, -0.2) is 0 Å². The lowest BCUT2D eigenvalue weighted by atomic mass is 9.85. The Kier molecular flexibility index (Phi) is 6.00. The number of amides is 1. The van der Waals surface area contributed by atoms with Crippen LogP contribution < -0.4 is 9.64 Å². The molecule has 2 aromatic carbocycles. The number of carbonyl (C=O) groups is 2. The Labute approximate surface area is 202 Å². The number of phenolic OH excluding ortho intramolecular Hbond substituents is 1. The minimum absolute atomic E-state index is 0.0438. The highest BCUT2D eigenvalue weighted by Crippen LogP contribution is 2.47. The van der Waals surface area contributed by atoms with E-state index in [1.807, 2.05) is 45.2 Å². The second-order valence-electron chi connectivity index (χ2n) is 9.34. The van der Waals surface area contributed by atoms with E-state index < -0.39 is 17.7 Å². The molecule has 0 radical (unpaired) electrons. The maximum absolute atomic E-state index is 13.4. The van der Waals surface area contributed by atoms with Gasteiger partial charge < -0.3 is 14.9 Å². The molecule has 3 aromatic rings. The minimum Gasteiger partial charge on any atom is -0.507 e. The van der Waals surface area contributed by atoms with Crippen LogP contribution in [0.1, 0.15) is 48.4 Å². The zero-order valence-electron chi connectivity index (χ0n) is 19.7. The highest BCUT2D eigenvalue weighted by atomic mass is 32.1. The number of nitrogens with zero attached hydrogens (tertiary/aromatic N) is 1. The third-order valence-corrected chi connectivity index (χ3v) is 6.89. The van der Waals surface area contributed by atoms with Gasteiger partial charge in [-0.2, -0.15) is 0 Å². The lowest BCUT2D eigenvalue weighted by molar-refractivity contribution is -0.132. The molecule has 2 N–H and O–H groups in total. The Bertz CT molecular complexity index is 1300. The van der Waals surface area contributed by atoms with E-state index in [2.05, 4.69) is 0 Å². The summed E-state index contributed by atoms with van der Waals surface area (Å²) >= 11 is 1.36. The third-order valence-electron chi connectivity index (χ3n) is 5.97. The Morgan fingerprint density at radius 3 is 2.44 bits per heavy atom. The van der Waals surface area contributed by atoms with E-state index in [1.165, 1.54) is 29.4 Å². The molecule has 1 saturated heterocycles. The molecule has 0 aliphatic carbocycles. The molecule has 0 saturated carbocycles. The fourth-order valence-corrected chi connectivity index (χ4v) is 4.95. The monoisotopic (exact) mass is 477 g/mol. The fourth-order valence-electron chi connectivity index (χ4n) is 4.13. The molecular formula is C27H27NO5S. The topological polar surface area (TPSA) is 87.1 Å². The lowest BCUT2D eigenvalue weighted by Gasteiger charge is -2.25.